The highest BCUT2D eigenvalue weighted by Gasteiger charge is 2.24. The number of benzene rings is 6. The van der Waals surface area contributed by atoms with Crippen molar-refractivity contribution in [1.82, 2.24) is 0 Å². The molecule has 1 amide bonds. The number of hydrogen-bond donors (Lipinski definition) is 1. The Morgan fingerprint density at radius 2 is 1.09 bits per heavy atom. The number of amides is 1. The molecule has 0 saturated carbocycles. The number of para-hydroxylation sites is 8. The first-order chi connectivity index (χ1) is 26.7. The fourth-order valence-electron chi connectivity index (χ4n) is 5.97. The Morgan fingerprint density at radius 1 is 0.574 bits per heavy atom. The number of anilines is 2. The molecular weight excluding hydrogens is 687 g/mol. The lowest BCUT2D eigenvalue weighted by molar-refractivity contribution is -0.119. The van der Waals surface area contributed by atoms with Crippen LogP contribution in [0.15, 0.2) is 146 Å². The number of carbonyl (C=O) groups excluding carboxylic acids is 1. The van der Waals surface area contributed by atoms with E-state index in [0.717, 1.165) is 39.8 Å². The average molecular weight is 727 g/mol. The van der Waals surface area contributed by atoms with Crippen LogP contribution in [-0.2, 0) is 17.9 Å². The molecule has 1 N–H and O–H groups in total. The monoisotopic (exact) mass is 726 g/mol. The summed E-state index contributed by atoms with van der Waals surface area (Å²) in [5.74, 6) is 4.85. The lowest BCUT2D eigenvalue weighted by atomic mass is 10.1. The number of rotatable bonds is 11. The molecule has 8 rings (SSSR count). The van der Waals surface area contributed by atoms with Gasteiger partial charge in [-0.1, -0.05) is 84.9 Å². The molecule has 2 heterocycles. The second kappa shape index (κ2) is 17.7. The summed E-state index contributed by atoms with van der Waals surface area (Å²) >= 11 is 0. The third-order valence-electron chi connectivity index (χ3n) is 8.49. The van der Waals surface area contributed by atoms with Gasteiger partial charge in [-0.05, 0) is 60.7 Å². The van der Waals surface area contributed by atoms with Crippen molar-refractivity contribution in [3.63, 3.8) is 0 Å². The number of nitrogens with zero attached hydrogens (tertiary/aromatic N) is 1. The molecule has 9 nitrogen and oxygen atoms in total. The molecule has 0 atom stereocenters. The second-order valence-corrected chi connectivity index (χ2v) is 12.1. The van der Waals surface area contributed by atoms with Crippen molar-refractivity contribution < 1.29 is 37.6 Å². The molecule has 274 valence electrons. The molecule has 0 radical (unpaired) electrons. The maximum atomic E-state index is 13.4. The van der Waals surface area contributed by atoms with E-state index in [4.69, 9.17) is 28.4 Å². The molecule has 2 aliphatic heterocycles. The Balaban J connectivity index is 0.000000168. The molecule has 0 saturated heterocycles. The number of carbonyl (C=O) groups is 1. The van der Waals surface area contributed by atoms with Gasteiger partial charge < -0.3 is 38.6 Å². The van der Waals surface area contributed by atoms with E-state index in [0.29, 0.717) is 61.7 Å². The van der Waals surface area contributed by atoms with Gasteiger partial charge in [-0.25, -0.2) is 4.39 Å². The van der Waals surface area contributed by atoms with Gasteiger partial charge in [0.2, 0.25) is 0 Å². The van der Waals surface area contributed by atoms with Crippen LogP contribution < -0.4 is 38.6 Å². The fourth-order valence-corrected chi connectivity index (χ4v) is 5.97. The van der Waals surface area contributed by atoms with Crippen molar-refractivity contribution in [3.8, 4) is 46.0 Å². The molecule has 0 unspecified atom stereocenters. The van der Waals surface area contributed by atoms with Crippen molar-refractivity contribution in [3.05, 3.63) is 157 Å². The molecule has 0 aliphatic carbocycles. The van der Waals surface area contributed by atoms with Gasteiger partial charge in [-0.15, -0.1) is 0 Å². The smallest absolute Gasteiger partial charge is 0.258 e. The van der Waals surface area contributed by atoms with Crippen molar-refractivity contribution in [1.29, 1.82) is 0 Å². The van der Waals surface area contributed by atoms with Crippen LogP contribution in [0.25, 0.3) is 0 Å². The number of alkyl halides is 1. The van der Waals surface area contributed by atoms with E-state index in [1.807, 2.05) is 121 Å². The summed E-state index contributed by atoms with van der Waals surface area (Å²) < 4.78 is 48.2. The number of halogens is 1. The van der Waals surface area contributed by atoms with Gasteiger partial charge in [0.1, 0.15) is 37.9 Å². The third kappa shape index (κ3) is 8.85. The highest BCUT2D eigenvalue weighted by atomic mass is 19.1. The van der Waals surface area contributed by atoms with Crippen LogP contribution >= 0.6 is 0 Å². The zero-order valence-corrected chi connectivity index (χ0v) is 29.5. The van der Waals surface area contributed by atoms with Crippen LogP contribution in [0.2, 0.25) is 0 Å². The summed E-state index contributed by atoms with van der Waals surface area (Å²) in [5.41, 5.74) is 3.21. The molecule has 6 aromatic carbocycles. The van der Waals surface area contributed by atoms with E-state index in [9.17, 15) is 9.18 Å². The Hall–Kier alpha value is -6.68. The van der Waals surface area contributed by atoms with E-state index >= 15 is 0 Å². The highest BCUT2D eigenvalue weighted by molar-refractivity contribution is 5.95. The molecule has 0 bridgehead atoms. The minimum Gasteiger partial charge on any atom is -0.486 e. The summed E-state index contributed by atoms with van der Waals surface area (Å²) in [4.78, 5) is 13.9. The van der Waals surface area contributed by atoms with Gasteiger partial charge in [0.25, 0.3) is 5.91 Å². The van der Waals surface area contributed by atoms with Gasteiger partial charge in [-0.3, -0.25) is 4.79 Å². The standard InChI is InChI=1S/C23H20FNO4.C21H19NO3/c24-15-22(26)25(16-17-7-6-12-21-23(17)28-14-13-27-21)19-10-4-5-11-20(19)29-18-8-2-1-3-9-18;1-2-8-17(9-3-1)25-19-11-5-4-10-18(19)22-15-16-7-6-12-20-21(16)24-14-13-23-20/h1-12H,13-16H2;1-12,22H,13-15H2. The molecule has 0 fully saturated rings. The molecule has 6 aromatic rings. The number of ether oxygens (including phenoxy) is 6. The summed E-state index contributed by atoms with van der Waals surface area (Å²) in [6.45, 7) is 1.71. The predicted molar refractivity (Wildman–Crippen MR) is 205 cm³/mol. The first-order valence-electron chi connectivity index (χ1n) is 17.7. The van der Waals surface area contributed by atoms with E-state index in [1.54, 1.807) is 24.3 Å². The fraction of sp³-hybridized carbons (Fsp3) is 0.159. The number of hydrogen-bond acceptors (Lipinski definition) is 8. The molecule has 54 heavy (non-hydrogen) atoms. The zero-order chi connectivity index (χ0) is 37.0. The Morgan fingerprint density at radius 3 is 1.74 bits per heavy atom. The molecule has 2 aliphatic rings. The summed E-state index contributed by atoms with van der Waals surface area (Å²) in [6, 6.07) is 45.4. The van der Waals surface area contributed by atoms with E-state index < -0.39 is 12.6 Å². The van der Waals surface area contributed by atoms with Crippen LogP contribution in [0.4, 0.5) is 15.8 Å². The maximum Gasteiger partial charge on any atom is 0.258 e. The van der Waals surface area contributed by atoms with Crippen molar-refractivity contribution in [2.24, 2.45) is 0 Å². The lowest BCUT2D eigenvalue weighted by Crippen LogP contribution is -2.32. The van der Waals surface area contributed by atoms with Crippen LogP contribution in [0, 0.1) is 0 Å². The van der Waals surface area contributed by atoms with Gasteiger partial charge >= 0.3 is 0 Å². The SMILES string of the molecule is O=C(CF)N(Cc1cccc2c1OCCO2)c1ccccc1Oc1ccccc1.c1ccc(Oc2ccccc2NCc2cccc3c2OCCO3)cc1. The first kappa shape index (κ1) is 35.7. The summed E-state index contributed by atoms with van der Waals surface area (Å²) in [6.07, 6.45) is 0. The normalized spacial score (nSPS) is 12.4. The topological polar surface area (TPSA) is 87.7 Å². The molecule has 0 spiro atoms. The van der Waals surface area contributed by atoms with Gasteiger partial charge in [0.05, 0.1) is 17.9 Å². The average Bonchev–Trinajstić information content (AvgIpc) is 3.23. The Bertz CT molecular complexity index is 2150. The number of nitrogens with one attached hydrogen (secondary N) is 1. The van der Waals surface area contributed by atoms with Crippen LogP contribution in [0.1, 0.15) is 11.1 Å². The first-order valence-corrected chi connectivity index (χ1v) is 17.7. The highest BCUT2D eigenvalue weighted by Crippen LogP contribution is 2.38. The second-order valence-electron chi connectivity index (χ2n) is 12.1. The minimum absolute atomic E-state index is 0.129. The van der Waals surface area contributed by atoms with Crippen LogP contribution in [-0.4, -0.2) is 39.0 Å². The summed E-state index contributed by atoms with van der Waals surface area (Å²) in [7, 11) is 0. The Labute approximate surface area is 313 Å². The van der Waals surface area contributed by atoms with E-state index in [2.05, 4.69) is 5.32 Å². The lowest BCUT2D eigenvalue weighted by Gasteiger charge is -2.27. The molecule has 10 heteroatoms. The van der Waals surface area contributed by atoms with Gasteiger partial charge in [-0.2, -0.15) is 0 Å². The van der Waals surface area contributed by atoms with Crippen LogP contribution in [0.5, 0.6) is 46.0 Å². The predicted octanol–water partition coefficient (Wildman–Crippen LogP) is 9.61. The van der Waals surface area contributed by atoms with Crippen molar-refractivity contribution in [2.45, 2.75) is 13.1 Å². The third-order valence-corrected chi connectivity index (χ3v) is 8.49. The minimum atomic E-state index is -1.12. The largest absolute Gasteiger partial charge is 0.486 e. The van der Waals surface area contributed by atoms with E-state index in [1.165, 1.54) is 4.90 Å². The zero-order valence-electron chi connectivity index (χ0n) is 29.5. The van der Waals surface area contributed by atoms with Crippen LogP contribution in [0.3, 0.4) is 0 Å². The Kier molecular flexibility index (Phi) is 11.7. The maximum absolute atomic E-state index is 13.4. The summed E-state index contributed by atoms with van der Waals surface area (Å²) in [5, 5.41) is 3.44. The molecular formula is C44H39FN2O7. The van der Waals surface area contributed by atoms with Crippen molar-refractivity contribution in [2.75, 3.05) is 43.3 Å². The molecule has 0 aromatic heterocycles. The number of fused-ring (bicyclic) bond motifs is 2. The van der Waals surface area contributed by atoms with Crippen molar-refractivity contribution >= 4 is 17.3 Å². The quantitative estimate of drug-likeness (QED) is 0.141. The van der Waals surface area contributed by atoms with Gasteiger partial charge in [0, 0.05) is 17.7 Å². The van der Waals surface area contributed by atoms with Gasteiger partial charge in [0.15, 0.2) is 41.2 Å². The van der Waals surface area contributed by atoms with E-state index in [-0.39, 0.29) is 6.54 Å².